The molecule has 1 saturated carbocycles. The number of hydrogen-bond acceptors (Lipinski definition) is 1. The van der Waals surface area contributed by atoms with Crippen LogP contribution < -0.4 is 0 Å². The number of likely N-dealkylation sites (tertiary alicyclic amines) is 1. The minimum Gasteiger partial charge on any atom is -0.360 e. The molecule has 0 atom stereocenters. The van der Waals surface area contributed by atoms with Crippen molar-refractivity contribution in [1.29, 1.82) is 5.41 Å². The Labute approximate surface area is 87.2 Å². The molecule has 0 aromatic rings. The van der Waals surface area contributed by atoms with Crippen molar-refractivity contribution in [3.8, 4) is 0 Å². The van der Waals surface area contributed by atoms with E-state index in [9.17, 15) is 0 Å². The number of hydrogen-bond donors (Lipinski definition) is 1. The standard InChI is InChI=1S/C12H22N2/c1-2-12(7-3-4-8-12)10-14-9-5-6-11(14)13/h13H,2-10H2,1H3. The van der Waals surface area contributed by atoms with E-state index in [-0.39, 0.29) is 0 Å². The first-order valence-corrected chi connectivity index (χ1v) is 6.08. The first kappa shape index (κ1) is 10.0. The third kappa shape index (κ3) is 1.79. The van der Waals surface area contributed by atoms with Crippen LogP contribution in [0.25, 0.3) is 0 Å². The van der Waals surface area contributed by atoms with Crippen molar-refractivity contribution in [2.75, 3.05) is 13.1 Å². The molecule has 2 heteroatoms. The van der Waals surface area contributed by atoms with Gasteiger partial charge in [0.15, 0.2) is 0 Å². The van der Waals surface area contributed by atoms with Gasteiger partial charge in [0.1, 0.15) is 0 Å². The van der Waals surface area contributed by atoms with Crippen molar-refractivity contribution in [1.82, 2.24) is 4.90 Å². The highest BCUT2D eigenvalue weighted by Crippen LogP contribution is 2.42. The summed E-state index contributed by atoms with van der Waals surface area (Å²) in [5, 5.41) is 7.86. The summed E-state index contributed by atoms with van der Waals surface area (Å²) >= 11 is 0. The molecule has 0 bridgehead atoms. The topological polar surface area (TPSA) is 27.1 Å². The molecule has 0 aromatic carbocycles. The Balaban J connectivity index is 1.96. The number of rotatable bonds is 3. The first-order valence-electron chi connectivity index (χ1n) is 6.08. The van der Waals surface area contributed by atoms with E-state index in [0.29, 0.717) is 5.41 Å². The molecule has 1 N–H and O–H groups in total. The second kappa shape index (κ2) is 3.92. The quantitative estimate of drug-likeness (QED) is 0.734. The van der Waals surface area contributed by atoms with Crippen LogP contribution in [-0.2, 0) is 0 Å². The summed E-state index contributed by atoms with van der Waals surface area (Å²) in [5.74, 6) is 0.893. The molecular formula is C12H22N2. The van der Waals surface area contributed by atoms with Gasteiger partial charge in [-0.1, -0.05) is 19.8 Å². The van der Waals surface area contributed by atoms with E-state index in [1.54, 1.807) is 0 Å². The van der Waals surface area contributed by atoms with Crippen LogP contribution in [0.4, 0.5) is 0 Å². The van der Waals surface area contributed by atoms with Crippen LogP contribution in [-0.4, -0.2) is 23.8 Å². The van der Waals surface area contributed by atoms with Crippen LogP contribution in [0.2, 0.25) is 0 Å². The zero-order valence-corrected chi connectivity index (χ0v) is 9.31. The van der Waals surface area contributed by atoms with Gasteiger partial charge in [0.2, 0.25) is 0 Å². The molecule has 1 saturated heterocycles. The average molecular weight is 194 g/mol. The lowest BCUT2D eigenvalue weighted by molar-refractivity contribution is 0.211. The summed E-state index contributed by atoms with van der Waals surface area (Å²) < 4.78 is 0. The van der Waals surface area contributed by atoms with E-state index < -0.39 is 0 Å². The van der Waals surface area contributed by atoms with Gasteiger partial charge in [-0.25, -0.2) is 0 Å². The summed E-state index contributed by atoms with van der Waals surface area (Å²) in [6.45, 7) is 4.63. The van der Waals surface area contributed by atoms with Crippen molar-refractivity contribution in [2.45, 2.75) is 51.9 Å². The third-order valence-electron chi connectivity index (χ3n) is 4.16. The lowest BCUT2D eigenvalue weighted by atomic mass is 9.83. The highest BCUT2D eigenvalue weighted by atomic mass is 15.2. The lowest BCUT2D eigenvalue weighted by Gasteiger charge is -2.33. The highest BCUT2D eigenvalue weighted by Gasteiger charge is 2.35. The van der Waals surface area contributed by atoms with Crippen molar-refractivity contribution in [2.24, 2.45) is 5.41 Å². The molecular weight excluding hydrogens is 172 g/mol. The summed E-state index contributed by atoms with van der Waals surface area (Å²) in [4.78, 5) is 2.33. The summed E-state index contributed by atoms with van der Waals surface area (Å²) in [7, 11) is 0. The number of nitrogens with one attached hydrogen (secondary N) is 1. The SMILES string of the molecule is CCC1(CN2CCCC2=N)CCCC1. The third-order valence-corrected chi connectivity index (χ3v) is 4.16. The maximum atomic E-state index is 7.86. The van der Waals surface area contributed by atoms with E-state index in [4.69, 9.17) is 5.41 Å². The van der Waals surface area contributed by atoms with E-state index in [2.05, 4.69) is 11.8 Å². The van der Waals surface area contributed by atoms with Gasteiger partial charge in [-0.3, -0.25) is 5.41 Å². The Kier molecular flexibility index (Phi) is 2.80. The maximum Gasteiger partial charge on any atom is 0.0958 e. The van der Waals surface area contributed by atoms with Gasteiger partial charge in [-0.05, 0) is 31.1 Å². The van der Waals surface area contributed by atoms with Crippen LogP contribution in [0.1, 0.15) is 51.9 Å². The minimum atomic E-state index is 0.566. The number of nitrogens with zero attached hydrogens (tertiary/aromatic N) is 1. The minimum absolute atomic E-state index is 0.566. The molecule has 0 spiro atoms. The van der Waals surface area contributed by atoms with E-state index >= 15 is 0 Å². The Bertz CT molecular complexity index is 216. The molecule has 0 aromatic heterocycles. The molecule has 2 nitrogen and oxygen atoms in total. The summed E-state index contributed by atoms with van der Waals surface area (Å²) in [6, 6.07) is 0. The smallest absolute Gasteiger partial charge is 0.0958 e. The van der Waals surface area contributed by atoms with Crippen LogP contribution in [0.5, 0.6) is 0 Å². The Morgan fingerprint density at radius 1 is 1.29 bits per heavy atom. The van der Waals surface area contributed by atoms with Crippen molar-refractivity contribution in [3.63, 3.8) is 0 Å². The first-order chi connectivity index (χ1) is 6.76. The number of amidine groups is 1. The summed E-state index contributed by atoms with van der Waals surface area (Å²) in [5.41, 5.74) is 0.566. The predicted octanol–water partition coefficient (Wildman–Crippen LogP) is 3.03. The fourth-order valence-corrected chi connectivity index (χ4v) is 3.06. The van der Waals surface area contributed by atoms with E-state index in [1.807, 2.05) is 0 Å². The lowest BCUT2D eigenvalue weighted by Crippen LogP contribution is -2.36. The van der Waals surface area contributed by atoms with Crippen LogP contribution >= 0.6 is 0 Å². The molecule has 2 fully saturated rings. The van der Waals surface area contributed by atoms with Crippen LogP contribution in [0, 0.1) is 10.8 Å². The fraction of sp³-hybridized carbons (Fsp3) is 0.917. The highest BCUT2D eigenvalue weighted by molar-refractivity contribution is 5.80. The van der Waals surface area contributed by atoms with Crippen molar-refractivity contribution < 1.29 is 0 Å². The molecule has 0 unspecified atom stereocenters. The van der Waals surface area contributed by atoms with Crippen molar-refractivity contribution in [3.05, 3.63) is 0 Å². The van der Waals surface area contributed by atoms with Gasteiger partial charge < -0.3 is 4.90 Å². The van der Waals surface area contributed by atoms with Gasteiger partial charge >= 0.3 is 0 Å². The molecule has 2 aliphatic rings. The Hall–Kier alpha value is -0.530. The van der Waals surface area contributed by atoms with Crippen molar-refractivity contribution >= 4 is 5.84 Å². The average Bonchev–Trinajstić information content (AvgIpc) is 2.79. The molecule has 1 aliphatic heterocycles. The molecule has 0 radical (unpaired) electrons. The van der Waals surface area contributed by atoms with Gasteiger partial charge in [-0.15, -0.1) is 0 Å². The Morgan fingerprint density at radius 2 is 2.00 bits per heavy atom. The van der Waals surface area contributed by atoms with Crippen LogP contribution in [0.3, 0.4) is 0 Å². The zero-order chi connectivity index (χ0) is 10.0. The second-order valence-electron chi connectivity index (χ2n) is 5.03. The largest absolute Gasteiger partial charge is 0.360 e. The van der Waals surface area contributed by atoms with Gasteiger partial charge in [0.05, 0.1) is 5.84 Å². The molecule has 14 heavy (non-hydrogen) atoms. The normalized spacial score (nSPS) is 26.1. The van der Waals surface area contributed by atoms with Gasteiger partial charge in [0, 0.05) is 19.5 Å². The maximum absolute atomic E-state index is 7.86. The molecule has 0 amide bonds. The van der Waals surface area contributed by atoms with E-state index in [1.165, 1.54) is 45.1 Å². The monoisotopic (exact) mass is 194 g/mol. The fourth-order valence-electron chi connectivity index (χ4n) is 3.06. The zero-order valence-electron chi connectivity index (χ0n) is 9.31. The molecule has 1 aliphatic carbocycles. The summed E-state index contributed by atoms with van der Waals surface area (Å²) in [6.07, 6.45) is 9.14. The van der Waals surface area contributed by atoms with E-state index in [0.717, 1.165) is 18.8 Å². The van der Waals surface area contributed by atoms with Gasteiger partial charge in [-0.2, -0.15) is 0 Å². The predicted molar refractivity (Wildman–Crippen MR) is 59.7 cm³/mol. The molecule has 1 heterocycles. The molecule has 80 valence electrons. The second-order valence-corrected chi connectivity index (χ2v) is 5.03. The van der Waals surface area contributed by atoms with Crippen LogP contribution in [0.15, 0.2) is 0 Å². The Morgan fingerprint density at radius 3 is 2.50 bits per heavy atom. The molecule has 2 rings (SSSR count). The van der Waals surface area contributed by atoms with Gasteiger partial charge in [0.25, 0.3) is 0 Å².